The highest BCUT2D eigenvalue weighted by Crippen LogP contribution is 2.16. The Morgan fingerprint density at radius 2 is 2.20 bits per heavy atom. The first-order valence-corrected chi connectivity index (χ1v) is 9.02. The predicted octanol–water partition coefficient (Wildman–Crippen LogP) is 3.26. The lowest BCUT2D eigenvalue weighted by Gasteiger charge is -2.13. The largest absolute Gasteiger partial charge is 0.487 e. The Bertz CT molecular complexity index is 729. The van der Waals surface area contributed by atoms with Crippen LogP contribution in [-0.2, 0) is 11.4 Å². The van der Waals surface area contributed by atoms with E-state index in [1.807, 2.05) is 19.2 Å². The third kappa shape index (κ3) is 5.86. The molecule has 0 saturated heterocycles. The molecule has 6 nitrogen and oxygen atoms in total. The summed E-state index contributed by atoms with van der Waals surface area (Å²) in [5, 5.41) is 14.7. The minimum atomic E-state index is -0.891. The molecule has 0 saturated carbocycles. The number of benzene rings is 1. The highest BCUT2D eigenvalue weighted by atomic mass is 32.1. The molecule has 2 aromatic rings. The van der Waals surface area contributed by atoms with Gasteiger partial charge in [0.05, 0.1) is 16.6 Å². The summed E-state index contributed by atoms with van der Waals surface area (Å²) in [4.78, 5) is 27.7. The molecule has 1 heterocycles. The van der Waals surface area contributed by atoms with Crippen molar-refractivity contribution in [3.8, 4) is 5.75 Å². The van der Waals surface area contributed by atoms with Gasteiger partial charge in [0.2, 0.25) is 0 Å². The SMILES string of the molecule is CCCC(CNC(=O)c1cccc(OCc2csc(C)n2)c1)C(=O)O. The van der Waals surface area contributed by atoms with Gasteiger partial charge in [-0.1, -0.05) is 19.4 Å². The van der Waals surface area contributed by atoms with Crippen molar-refractivity contribution in [3.63, 3.8) is 0 Å². The van der Waals surface area contributed by atoms with Gasteiger partial charge in [-0.05, 0) is 31.5 Å². The number of carbonyl (C=O) groups is 2. The first kappa shape index (κ1) is 18.9. The predicted molar refractivity (Wildman–Crippen MR) is 96.0 cm³/mol. The van der Waals surface area contributed by atoms with Crippen LogP contribution < -0.4 is 10.1 Å². The minimum absolute atomic E-state index is 0.116. The quantitative estimate of drug-likeness (QED) is 0.715. The van der Waals surface area contributed by atoms with E-state index < -0.39 is 11.9 Å². The van der Waals surface area contributed by atoms with Gasteiger partial charge in [0, 0.05) is 17.5 Å². The number of rotatable bonds is 9. The molecule has 0 aliphatic rings. The van der Waals surface area contributed by atoms with Crippen LogP contribution in [0.4, 0.5) is 0 Å². The van der Waals surface area contributed by atoms with Crippen LogP contribution in [0, 0.1) is 12.8 Å². The van der Waals surface area contributed by atoms with Crippen molar-refractivity contribution in [2.75, 3.05) is 6.54 Å². The van der Waals surface area contributed by atoms with Gasteiger partial charge in [-0.25, -0.2) is 4.98 Å². The van der Waals surface area contributed by atoms with Crippen molar-refractivity contribution in [1.29, 1.82) is 0 Å². The second kappa shape index (κ2) is 9.17. The number of hydrogen-bond acceptors (Lipinski definition) is 5. The first-order chi connectivity index (χ1) is 12.0. The molecule has 1 atom stereocenters. The van der Waals surface area contributed by atoms with Crippen LogP contribution in [0.3, 0.4) is 0 Å². The third-order valence-corrected chi connectivity index (χ3v) is 4.47. The van der Waals surface area contributed by atoms with Gasteiger partial charge < -0.3 is 15.2 Å². The normalized spacial score (nSPS) is 11.8. The molecule has 0 spiro atoms. The molecule has 1 aromatic heterocycles. The number of aryl methyl sites for hydroxylation is 1. The average molecular weight is 362 g/mol. The van der Waals surface area contributed by atoms with E-state index in [-0.39, 0.29) is 12.5 Å². The van der Waals surface area contributed by atoms with Gasteiger partial charge in [-0.3, -0.25) is 9.59 Å². The second-order valence-electron chi connectivity index (χ2n) is 5.71. The summed E-state index contributed by atoms with van der Waals surface area (Å²) in [6.45, 7) is 4.31. The first-order valence-electron chi connectivity index (χ1n) is 8.14. The van der Waals surface area contributed by atoms with Crippen LogP contribution in [0.2, 0.25) is 0 Å². The molecule has 0 aliphatic carbocycles. The molecule has 7 heteroatoms. The maximum Gasteiger partial charge on any atom is 0.308 e. The summed E-state index contributed by atoms with van der Waals surface area (Å²) >= 11 is 1.56. The van der Waals surface area contributed by atoms with Crippen molar-refractivity contribution in [3.05, 3.63) is 45.9 Å². The minimum Gasteiger partial charge on any atom is -0.487 e. The Hall–Kier alpha value is -2.41. The Labute approximate surface area is 150 Å². The van der Waals surface area contributed by atoms with Gasteiger partial charge in [-0.2, -0.15) is 0 Å². The molecular formula is C18H22N2O4S. The average Bonchev–Trinajstić information content (AvgIpc) is 3.02. The van der Waals surface area contributed by atoms with Crippen molar-refractivity contribution in [2.45, 2.75) is 33.3 Å². The zero-order valence-corrected chi connectivity index (χ0v) is 15.1. The van der Waals surface area contributed by atoms with Crippen LogP contribution in [-0.4, -0.2) is 28.5 Å². The van der Waals surface area contributed by atoms with E-state index in [0.717, 1.165) is 17.1 Å². The lowest BCUT2D eigenvalue weighted by Crippen LogP contribution is -2.32. The van der Waals surface area contributed by atoms with Crippen molar-refractivity contribution >= 4 is 23.2 Å². The van der Waals surface area contributed by atoms with Gasteiger partial charge >= 0.3 is 5.97 Å². The molecule has 0 bridgehead atoms. The summed E-state index contributed by atoms with van der Waals surface area (Å²) < 4.78 is 5.67. The standard InChI is InChI=1S/C18H22N2O4S/c1-3-5-14(18(22)23)9-19-17(21)13-6-4-7-16(8-13)24-10-15-11-25-12(2)20-15/h4,6-8,11,14H,3,5,9-10H2,1-2H3,(H,19,21)(H,22,23). The number of amides is 1. The van der Waals surface area contributed by atoms with Crippen LogP contribution in [0.1, 0.15) is 40.8 Å². The molecular weight excluding hydrogens is 340 g/mol. The van der Waals surface area contributed by atoms with E-state index in [9.17, 15) is 9.59 Å². The Kier molecular flexibility index (Phi) is 6.94. The van der Waals surface area contributed by atoms with Crippen LogP contribution in [0.15, 0.2) is 29.6 Å². The zero-order chi connectivity index (χ0) is 18.2. The topological polar surface area (TPSA) is 88.5 Å². The van der Waals surface area contributed by atoms with Crippen molar-refractivity contribution < 1.29 is 19.4 Å². The van der Waals surface area contributed by atoms with E-state index in [1.165, 1.54) is 0 Å². The Morgan fingerprint density at radius 3 is 2.84 bits per heavy atom. The number of carbonyl (C=O) groups excluding carboxylic acids is 1. The number of aromatic nitrogens is 1. The van der Waals surface area contributed by atoms with Crippen molar-refractivity contribution in [1.82, 2.24) is 10.3 Å². The molecule has 0 aliphatic heterocycles. The van der Waals surface area contributed by atoms with E-state index in [2.05, 4.69) is 10.3 Å². The molecule has 2 rings (SSSR count). The zero-order valence-electron chi connectivity index (χ0n) is 14.3. The number of carboxylic acids is 1. The third-order valence-electron chi connectivity index (χ3n) is 3.64. The van der Waals surface area contributed by atoms with Crippen molar-refractivity contribution in [2.24, 2.45) is 5.92 Å². The highest BCUT2D eigenvalue weighted by molar-refractivity contribution is 7.09. The van der Waals surface area contributed by atoms with Crippen LogP contribution >= 0.6 is 11.3 Å². The van der Waals surface area contributed by atoms with E-state index >= 15 is 0 Å². The molecule has 1 amide bonds. The Morgan fingerprint density at radius 1 is 1.40 bits per heavy atom. The summed E-state index contributed by atoms with van der Waals surface area (Å²) in [5.74, 6) is -1.20. The number of aliphatic carboxylic acids is 1. The lowest BCUT2D eigenvalue weighted by molar-refractivity contribution is -0.141. The van der Waals surface area contributed by atoms with Gasteiger partial charge in [0.1, 0.15) is 12.4 Å². The molecule has 1 aromatic carbocycles. The number of carboxylic acid groups (broad SMARTS) is 1. The van der Waals surface area contributed by atoms with E-state index in [0.29, 0.717) is 24.3 Å². The molecule has 2 N–H and O–H groups in total. The van der Waals surface area contributed by atoms with E-state index in [1.54, 1.807) is 35.6 Å². The summed E-state index contributed by atoms with van der Waals surface area (Å²) in [6, 6.07) is 6.82. The second-order valence-corrected chi connectivity index (χ2v) is 6.77. The maximum absolute atomic E-state index is 12.2. The summed E-state index contributed by atoms with van der Waals surface area (Å²) in [7, 11) is 0. The maximum atomic E-state index is 12.2. The fourth-order valence-corrected chi connectivity index (χ4v) is 2.94. The molecule has 0 radical (unpaired) electrons. The molecule has 1 unspecified atom stereocenters. The van der Waals surface area contributed by atoms with Gasteiger partial charge in [0.15, 0.2) is 0 Å². The molecule has 25 heavy (non-hydrogen) atoms. The fourth-order valence-electron chi connectivity index (χ4n) is 2.34. The van der Waals surface area contributed by atoms with Crippen LogP contribution in [0.25, 0.3) is 0 Å². The highest BCUT2D eigenvalue weighted by Gasteiger charge is 2.17. The molecule has 0 fully saturated rings. The van der Waals surface area contributed by atoms with E-state index in [4.69, 9.17) is 9.84 Å². The van der Waals surface area contributed by atoms with Crippen LogP contribution in [0.5, 0.6) is 5.75 Å². The summed E-state index contributed by atoms with van der Waals surface area (Å²) in [5.41, 5.74) is 1.29. The van der Waals surface area contributed by atoms with Gasteiger partial charge in [0.25, 0.3) is 5.91 Å². The number of thiazole rings is 1. The fraction of sp³-hybridized carbons (Fsp3) is 0.389. The number of ether oxygens (including phenoxy) is 1. The lowest BCUT2D eigenvalue weighted by atomic mass is 10.0. The smallest absolute Gasteiger partial charge is 0.308 e. The monoisotopic (exact) mass is 362 g/mol. The molecule has 134 valence electrons. The Balaban J connectivity index is 1.92. The summed E-state index contributed by atoms with van der Waals surface area (Å²) in [6.07, 6.45) is 1.29. The number of hydrogen-bond donors (Lipinski definition) is 2. The van der Waals surface area contributed by atoms with Gasteiger partial charge in [-0.15, -0.1) is 11.3 Å². The number of nitrogens with one attached hydrogen (secondary N) is 1. The number of nitrogens with zero attached hydrogens (tertiary/aromatic N) is 1.